The summed E-state index contributed by atoms with van der Waals surface area (Å²) in [6.07, 6.45) is 7.85. The summed E-state index contributed by atoms with van der Waals surface area (Å²) in [6.45, 7) is 4.27. The summed E-state index contributed by atoms with van der Waals surface area (Å²) in [5.74, 6) is 0. The maximum atomic E-state index is 12.3. The van der Waals surface area contributed by atoms with E-state index in [1.165, 1.54) is 0 Å². The number of hydrogen-bond acceptors (Lipinski definition) is 1. The smallest absolute Gasteiger partial charge is 0.325 e. The summed E-state index contributed by atoms with van der Waals surface area (Å²) < 4.78 is 1.59. The van der Waals surface area contributed by atoms with E-state index in [9.17, 15) is 4.79 Å². The number of nitrogens with one attached hydrogen (secondary N) is 1. The van der Waals surface area contributed by atoms with Gasteiger partial charge in [0.05, 0.1) is 0 Å². The van der Waals surface area contributed by atoms with Gasteiger partial charge in [0.1, 0.15) is 0 Å². The number of amides is 1. The van der Waals surface area contributed by atoms with Gasteiger partial charge in [0.2, 0.25) is 0 Å². The van der Waals surface area contributed by atoms with Crippen molar-refractivity contribution in [3.05, 3.63) is 47.7 Å². The monoisotopic (exact) mass is 318 g/mol. The molecule has 1 amide bonds. The number of aromatic nitrogens is 1. The van der Waals surface area contributed by atoms with Gasteiger partial charge in [-0.1, -0.05) is 56.5 Å². The van der Waals surface area contributed by atoms with Crippen molar-refractivity contribution in [1.82, 2.24) is 9.88 Å². The molecule has 0 saturated heterocycles. The van der Waals surface area contributed by atoms with E-state index in [-0.39, 0.29) is 12.1 Å². The van der Waals surface area contributed by atoms with E-state index in [0.29, 0.717) is 5.02 Å². The van der Waals surface area contributed by atoms with E-state index < -0.39 is 0 Å². The zero-order valence-corrected chi connectivity index (χ0v) is 13.9. The Morgan fingerprint density at radius 1 is 1.27 bits per heavy atom. The average molecular weight is 319 g/mol. The molecule has 0 spiro atoms. The normalized spacial score (nSPS) is 12.1. The molecule has 0 aliphatic carbocycles. The molecule has 2 rings (SSSR count). The summed E-state index contributed by atoms with van der Waals surface area (Å²) in [7, 11) is 0. The third-order valence-electron chi connectivity index (χ3n) is 3.84. The first kappa shape index (κ1) is 16.6. The number of benzene rings is 1. The number of nitrogens with zero attached hydrogens (tertiary/aromatic N) is 1. The zero-order valence-electron chi connectivity index (χ0n) is 13.2. The fraction of sp³-hybridized carbons (Fsp3) is 0.389. The minimum atomic E-state index is -0.0822. The first-order valence-corrected chi connectivity index (χ1v) is 8.27. The summed E-state index contributed by atoms with van der Waals surface area (Å²) in [5, 5.41) is 3.78. The third kappa shape index (κ3) is 4.14. The van der Waals surface area contributed by atoms with Crippen molar-refractivity contribution in [2.75, 3.05) is 0 Å². The lowest BCUT2D eigenvalue weighted by Crippen LogP contribution is -2.36. The van der Waals surface area contributed by atoms with Crippen molar-refractivity contribution in [3.8, 4) is 11.1 Å². The van der Waals surface area contributed by atoms with E-state index in [2.05, 4.69) is 19.2 Å². The predicted molar refractivity (Wildman–Crippen MR) is 92.4 cm³/mol. The van der Waals surface area contributed by atoms with Crippen LogP contribution in [-0.4, -0.2) is 16.6 Å². The van der Waals surface area contributed by atoms with E-state index >= 15 is 0 Å². The lowest BCUT2D eigenvalue weighted by atomic mass is 10.1. The Morgan fingerprint density at radius 3 is 2.73 bits per heavy atom. The number of carbonyl (C=O) groups excluding carboxylic acids is 1. The van der Waals surface area contributed by atoms with Gasteiger partial charge in [-0.2, -0.15) is 0 Å². The Morgan fingerprint density at radius 2 is 2.05 bits per heavy atom. The standard InChI is InChI=1S/C18H23ClN2O/c1-3-5-8-15(4-2)20-18(22)21-12-11-14(13-21)16-9-6-7-10-17(16)19/h6-7,9-13,15H,3-5,8H2,1-2H3,(H,20,22). The molecule has 0 bridgehead atoms. The summed E-state index contributed by atoms with van der Waals surface area (Å²) >= 11 is 6.20. The van der Waals surface area contributed by atoms with Gasteiger partial charge < -0.3 is 5.32 Å². The highest BCUT2D eigenvalue weighted by atomic mass is 35.5. The SMILES string of the molecule is CCCCC(CC)NC(=O)n1ccc(-c2ccccc2Cl)c1. The topological polar surface area (TPSA) is 34.0 Å². The first-order valence-electron chi connectivity index (χ1n) is 7.89. The number of unbranched alkanes of at least 4 members (excludes halogenated alkanes) is 1. The Kier molecular flexibility index (Phi) is 6.08. The molecule has 1 unspecified atom stereocenters. The number of halogens is 1. The number of carbonyl (C=O) groups is 1. The zero-order chi connectivity index (χ0) is 15.9. The molecular formula is C18H23ClN2O. The van der Waals surface area contributed by atoms with Crippen LogP contribution in [0.25, 0.3) is 11.1 Å². The number of hydrogen-bond donors (Lipinski definition) is 1. The summed E-state index contributed by atoms with van der Waals surface area (Å²) in [6, 6.07) is 9.71. The Labute approximate surface area is 137 Å². The van der Waals surface area contributed by atoms with Crippen LogP contribution >= 0.6 is 11.6 Å². The van der Waals surface area contributed by atoms with Crippen LogP contribution in [0.4, 0.5) is 4.79 Å². The fourth-order valence-corrected chi connectivity index (χ4v) is 2.70. The second kappa shape index (κ2) is 8.04. The second-order valence-electron chi connectivity index (χ2n) is 5.48. The van der Waals surface area contributed by atoms with Crippen molar-refractivity contribution in [3.63, 3.8) is 0 Å². The molecule has 0 saturated carbocycles. The van der Waals surface area contributed by atoms with Crippen LogP contribution in [0, 0.1) is 0 Å². The Hall–Kier alpha value is -1.74. The van der Waals surface area contributed by atoms with E-state index in [1.807, 2.05) is 36.5 Å². The molecule has 1 N–H and O–H groups in total. The Balaban J connectivity index is 2.07. The molecule has 0 fully saturated rings. The van der Waals surface area contributed by atoms with Gasteiger partial charge in [0.15, 0.2) is 0 Å². The largest absolute Gasteiger partial charge is 0.335 e. The van der Waals surface area contributed by atoms with Gasteiger partial charge in [-0.05, 0) is 25.0 Å². The quantitative estimate of drug-likeness (QED) is 0.767. The second-order valence-corrected chi connectivity index (χ2v) is 5.89. The van der Waals surface area contributed by atoms with Crippen LogP contribution in [0.5, 0.6) is 0 Å². The van der Waals surface area contributed by atoms with Crippen LogP contribution in [-0.2, 0) is 0 Å². The summed E-state index contributed by atoms with van der Waals surface area (Å²) in [5.41, 5.74) is 1.89. The van der Waals surface area contributed by atoms with Crippen LogP contribution < -0.4 is 5.32 Å². The third-order valence-corrected chi connectivity index (χ3v) is 4.17. The highest BCUT2D eigenvalue weighted by Crippen LogP contribution is 2.27. The highest BCUT2D eigenvalue weighted by Gasteiger charge is 2.12. The maximum Gasteiger partial charge on any atom is 0.325 e. The minimum Gasteiger partial charge on any atom is -0.335 e. The predicted octanol–water partition coefficient (Wildman–Crippen LogP) is 5.34. The van der Waals surface area contributed by atoms with E-state index in [0.717, 1.165) is 36.8 Å². The molecule has 118 valence electrons. The van der Waals surface area contributed by atoms with Crippen molar-refractivity contribution in [2.24, 2.45) is 0 Å². The number of rotatable bonds is 6. The van der Waals surface area contributed by atoms with Crippen LogP contribution in [0.3, 0.4) is 0 Å². The molecule has 0 radical (unpaired) electrons. The lowest BCUT2D eigenvalue weighted by Gasteiger charge is -2.16. The van der Waals surface area contributed by atoms with Crippen molar-refractivity contribution >= 4 is 17.6 Å². The fourth-order valence-electron chi connectivity index (χ4n) is 2.46. The van der Waals surface area contributed by atoms with Gasteiger partial charge in [-0.15, -0.1) is 0 Å². The average Bonchev–Trinajstić information content (AvgIpc) is 3.01. The van der Waals surface area contributed by atoms with Gasteiger partial charge >= 0.3 is 6.03 Å². The van der Waals surface area contributed by atoms with Crippen LogP contribution in [0.15, 0.2) is 42.7 Å². The van der Waals surface area contributed by atoms with Crippen molar-refractivity contribution < 1.29 is 4.79 Å². The molecule has 3 nitrogen and oxygen atoms in total. The lowest BCUT2D eigenvalue weighted by molar-refractivity contribution is 0.237. The molecule has 1 aromatic carbocycles. The van der Waals surface area contributed by atoms with Crippen LogP contribution in [0.2, 0.25) is 5.02 Å². The molecular weight excluding hydrogens is 296 g/mol. The van der Waals surface area contributed by atoms with Crippen LogP contribution in [0.1, 0.15) is 39.5 Å². The first-order chi connectivity index (χ1) is 10.7. The molecule has 1 heterocycles. The Bertz CT molecular complexity index is 621. The molecule has 4 heteroatoms. The van der Waals surface area contributed by atoms with E-state index in [4.69, 9.17) is 11.6 Å². The molecule has 1 aromatic heterocycles. The molecule has 22 heavy (non-hydrogen) atoms. The van der Waals surface area contributed by atoms with Gasteiger partial charge in [0.25, 0.3) is 0 Å². The maximum absolute atomic E-state index is 12.3. The molecule has 0 aliphatic rings. The highest BCUT2D eigenvalue weighted by molar-refractivity contribution is 6.33. The van der Waals surface area contributed by atoms with Gasteiger partial charge in [0, 0.05) is 34.6 Å². The van der Waals surface area contributed by atoms with Gasteiger partial charge in [-0.25, -0.2) is 4.79 Å². The van der Waals surface area contributed by atoms with E-state index in [1.54, 1.807) is 10.8 Å². The van der Waals surface area contributed by atoms with Gasteiger partial charge in [-0.3, -0.25) is 4.57 Å². The molecule has 1 atom stereocenters. The minimum absolute atomic E-state index is 0.0822. The van der Waals surface area contributed by atoms with Crippen molar-refractivity contribution in [1.29, 1.82) is 0 Å². The molecule has 0 aliphatic heterocycles. The molecule has 2 aromatic rings. The summed E-state index contributed by atoms with van der Waals surface area (Å²) in [4.78, 5) is 12.3. The van der Waals surface area contributed by atoms with Crippen molar-refractivity contribution in [2.45, 2.75) is 45.6 Å².